The number of rotatable bonds is 5. The van der Waals surface area contributed by atoms with Gasteiger partial charge < -0.3 is 16.0 Å². The average Bonchev–Trinajstić information content (AvgIpc) is 2.66. The van der Waals surface area contributed by atoms with Crippen molar-refractivity contribution in [2.75, 3.05) is 18.4 Å². The molecule has 0 aliphatic rings. The second-order valence-electron chi connectivity index (χ2n) is 3.67. The van der Waals surface area contributed by atoms with E-state index in [9.17, 15) is 4.39 Å². The van der Waals surface area contributed by atoms with Crippen molar-refractivity contribution in [3.8, 4) is 0 Å². The van der Waals surface area contributed by atoms with Crippen molar-refractivity contribution in [2.45, 2.75) is 12.8 Å². The molecule has 5 heteroatoms. The van der Waals surface area contributed by atoms with Gasteiger partial charge >= 0.3 is 0 Å². The van der Waals surface area contributed by atoms with Crippen LogP contribution < -0.4 is 11.1 Å². The van der Waals surface area contributed by atoms with E-state index in [1.165, 1.54) is 12.1 Å². The number of aromatic amines is 1. The average molecular weight is 222 g/mol. The minimum atomic E-state index is -0.258. The van der Waals surface area contributed by atoms with E-state index in [0.29, 0.717) is 18.0 Å². The Hall–Kier alpha value is -1.62. The number of hydrogen-bond acceptors (Lipinski definition) is 3. The molecule has 0 saturated carbocycles. The van der Waals surface area contributed by atoms with Crippen LogP contribution in [-0.4, -0.2) is 23.1 Å². The molecule has 4 nitrogen and oxygen atoms in total. The fourth-order valence-electron chi connectivity index (χ4n) is 1.54. The van der Waals surface area contributed by atoms with Gasteiger partial charge in [-0.2, -0.15) is 0 Å². The Bertz CT molecular complexity index is 466. The van der Waals surface area contributed by atoms with Gasteiger partial charge in [0.1, 0.15) is 5.82 Å². The standard InChI is InChI=1S/C11H15FN4/c12-8-3-4-9-10(7-8)16-11(15-9)14-6-2-1-5-13/h3-4,7H,1-2,5-6,13H2,(H2,14,15,16). The van der Waals surface area contributed by atoms with Crippen LogP contribution in [0.15, 0.2) is 18.2 Å². The lowest BCUT2D eigenvalue weighted by molar-refractivity contribution is 0.629. The summed E-state index contributed by atoms with van der Waals surface area (Å²) in [5, 5.41) is 3.14. The van der Waals surface area contributed by atoms with Gasteiger partial charge in [-0.1, -0.05) is 0 Å². The van der Waals surface area contributed by atoms with Gasteiger partial charge in [-0.25, -0.2) is 9.37 Å². The summed E-state index contributed by atoms with van der Waals surface area (Å²) in [5.74, 6) is 0.420. The first-order chi connectivity index (χ1) is 7.79. The van der Waals surface area contributed by atoms with Crippen LogP contribution in [0.4, 0.5) is 10.3 Å². The number of imidazole rings is 1. The summed E-state index contributed by atoms with van der Waals surface area (Å²) >= 11 is 0. The predicted octanol–water partition coefficient (Wildman–Crippen LogP) is 1.85. The van der Waals surface area contributed by atoms with Crippen LogP contribution in [0.2, 0.25) is 0 Å². The van der Waals surface area contributed by atoms with Crippen molar-refractivity contribution in [1.29, 1.82) is 0 Å². The molecule has 0 radical (unpaired) electrons. The van der Waals surface area contributed by atoms with Crippen molar-refractivity contribution in [3.05, 3.63) is 24.0 Å². The zero-order chi connectivity index (χ0) is 11.4. The molecule has 2 rings (SSSR count). The van der Waals surface area contributed by atoms with Crippen LogP contribution in [0.1, 0.15) is 12.8 Å². The first kappa shape index (κ1) is 10.9. The Kier molecular flexibility index (Phi) is 3.36. The third kappa shape index (κ3) is 2.49. The summed E-state index contributed by atoms with van der Waals surface area (Å²) in [4.78, 5) is 7.31. The Balaban J connectivity index is 2.02. The molecule has 1 aromatic carbocycles. The minimum absolute atomic E-state index is 0.258. The number of nitrogens with two attached hydrogens (primary N) is 1. The topological polar surface area (TPSA) is 66.7 Å². The molecule has 0 fully saturated rings. The van der Waals surface area contributed by atoms with E-state index in [-0.39, 0.29) is 5.82 Å². The maximum absolute atomic E-state index is 12.9. The van der Waals surface area contributed by atoms with Gasteiger partial charge in [-0.05, 0) is 37.6 Å². The van der Waals surface area contributed by atoms with Crippen molar-refractivity contribution in [2.24, 2.45) is 5.73 Å². The van der Waals surface area contributed by atoms with Gasteiger partial charge in [-0.15, -0.1) is 0 Å². The van der Waals surface area contributed by atoms with Crippen LogP contribution in [0, 0.1) is 5.82 Å². The predicted molar refractivity (Wildman–Crippen MR) is 62.8 cm³/mol. The number of hydrogen-bond donors (Lipinski definition) is 3. The summed E-state index contributed by atoms with van der Waals surface area (Å²) in [5.41, 5.74) is 6.87. The van der Waals surface area contributed by atoms with Crippen LogP contribution in [0.3, 0.4) is 0 Å². The quantitative estimate of drug-likeness (QED) is 0.676. The van der Waals surface area contributed by atoms with Crippen LogP contribution in [0.5, 0.6) is 0 Å². The molecule has 1 heterocycles. The molecule has 0 aliphatic heterocycles. The van der Waals surface area contributed by atoms with Crippen molar-refractivity contribution in [3.63, 3.8) is 0 Å². The van der Waals surface area contributed by atoms with Gasteiger partial charge in [0.05, 0.1) is 11.0 Å². The molecule has 0 amide bonds. The molecule has 0 atom stereocenters. The molecule has 0 spiro atoms. The number of halogens is 1. The molecular weight excluding hydrogens is 207 g/mol. The molecule has 1 aromatic heterocycles. The van der Waals surface area contributed by atoms with Gasteiger partial charge in [0.25, 0.3) is 0 Å². The SMILES string of the molecule is NCCCCNc1nc2ccc(F)cc2[nH]1. The van der Waals surface area contributed by atoms with Gasteiger partial charge in [0.15, 0.2) is 0 Å². The number of H-pyrrole nitrogens is 1. The lowest BCUT2D eigenvalue weighted by Gasteiger charge is -2.00. The molecule has 0 bridgehead atoms. The van der Waals surface area contributed by atoms with E-state index in [1.807, 2.05) is 0 Å². The van der Waals surface area contributed by atoms with E-state index in [0.717, 1.165) is 24.9 Å². The maximum Gasteiger partial charge on any atom is 0.201 e. The lowest BCUT2D eigenvalue weighted by atomic mass is 10.3. The van der Waals surface area contributed by atoms with Crippen LogP contribution in [-0.2, 0) is 0 Å². The zero-order valence-corrected chi connectivity index (χ0v) is 8.96. The molecule has 0 saturated heterocycles. The largest absolute Gasteiger partial charge is 0.356 e. The Morgan fingerprint density at radius 1 is 1.38 bits per heavy atom. The third-order valence-electron chi connectivity index (χ3n) is 2.37. The highest BCUT2D eigenvalue weighted by Gasteiger charge is 2.02. The van der Waals surface area contributed by atoms with Crippen LogP contribution >= 0.6 is 0 Å². The molecule has 0 aliphatic carbocycles. The van der Waals surface area contributed by atoms with E-state index < -0.39 is 0 Å². The van der Waals surface area contributed by atoms with Crippen LogP contribution in [0.25, 0.3) is 11.0 Å². The van der Waals surface area contributed by atoms with E-state index >= 15 is 0 Å². The highest BCUT2D eigenvalue weighted by Crippen LogP contribution is 2.15. The van der Waals surface area contributed by atoms with Crippen molar-refractivity contribution >= 4 is 17.0 Å². The molecule has 4 N–H and O–H groups in total. The second kappa shape index (κ2) is 4.94. The maximum atomic E-state index is 12.9. The first-order valence-corrected chi connectivity index (χ1v) is 5.39. The zero-order valence-electron chi connectivity index (χ0n) is 8.96. The molecular formula is C11H15FN4. The Morgan fingerprint density at radius 3 is 3.06 bits per heavy atom. The second-order valence-corrected chi connectivity index (χ2v) is 3.67. The van der Waals surface area contributed by atoms with E-state index in [2.05, 4.69) is 15.3 Å². The summed E-state index contributed by atoms with van der Waals surface area (Å²) < 4.78 is 12.9. The summed E-state index contributed by atoms with van der Waals surface area (Å²) in [7, 11) is 0. The Morgan fingerprint density at radius 2 is 2.25 bits per heavy atom. The summed E-state index contributed by atoms with van der Waals surface area (Å²) in [6.45, 7) is 1.52. The summed E-state index contributed by atoms with van der Waals surface area (Å²) in [6.07, 6.45) is 1.99. The normalized spacial score (nSPS) is 10.9. The van der Waals surface area contributed by atoms with Gasteiger partial charge in [0, 0.05) is 6.54 Å². The number of nitrogens with one attached hydrogen (secondary N) is 2. The minimum Gasteiger partial charge on any atom is -0.356 e. The van der Waals surface area contributed by atoms with Crippen molar-refractivity contribution in [1.82, 2.24) is 9.97 Å². The first-order valence-electron chi connectivity index (χ1n) is 5.39. The molecule has 16 heavy (non-hydrogen) atoms. The van der Waals surface area contributed by atoms with Gasteiger partial charge in [-0.3, -0.25) is 0 Å². The fourth-order valence-corrected chi connectivity index (χ4v) is 1.54. The number of aromatic nitrogens is 2. The van der Waals surface area contributed by atoms with Gasteiger partial charge in [0.2, 0.25) is 5.95 Å². The molecule has 2 aromatic rings. The fraction of sp³-hybridized carbons (Fsp3) is 0.364. The third-order valence-corrected chi connectivity index (χ3v) is 2.37. The number of fused-ring (bicyclic) bond motifs is 1. The number of nitrogens with zero attached hydrogens (tertiary/aromatic N) is 1. The Labute approximate surface area is 93.1 Å². The smallest absolute Gasteiger partial charge is 0.201 e. The number of anilines is 1. The number of unbranched alkanes of at least 4 members (excludes halogenated alkanes) is 1. The van der Waals surface area contributed by atoms with Crippen molar-refractivity contribution < 1.29 is 4.39 Å². The lowest BCUT2D eigenvalue weighted by Crippen LogP contribution is -2.06. The molecule has 0 unspecified atom stereocenters. The molecule has 86 valence electrons. The summed E-state index contributed by atoms with van der Waals surface area (Å²) in [6, 6.07) is 4.50. The van der Waals surface area contributed by atoms with E-state index in [4.69, 9.17) is 5.73 Å². The monoisotopic (exact) mass is 222 g/mol. The highest BCUT2D eigenvalue weighted by molar-refractivity contribution is 5.77. The number of benzene rings is 1. The van der Waals surface area contributed by atoms with E-state index in [1.54, 1.807) is 6.07 Å². The highest BCUT2D eigenvalue weighted by atomic mass is 19.1.